The summed E-state index contributed by atoms with van der Waals surface area (Å²) in [5, 5.41) is 11.4. The van der Waals surface area contributed by atoms with E-state index >= 15 is 0 Å². The first kappa shape index (κ1) is 20.5. The maximum absolute atomic E-state index is 14.3. The SMILES string of the molecule is CC1(C)CCNC[C@H]1Oc1cncc(-c2n[nH]c3ccc(-c4c(F)cccc4F)cc23)n1. The minimum atomic E-state index is -0.617. The van der Waals surface area contributed by atoms with Crippen molar-refractivity contribution in [3.05, 3.63) is 60.4 Å². The molecular formula is C24H23F2N5O. The fourth-order valence-corrected chi connectivity index (χ4v) is 4.09. The molecule has 0 bridgehead atoms. The number of hydrogen-bond donors (Lipinski definition) is 2. The Labute approximate surface area is 184 Å². The molecule has 2 N–H and O–H groups in total. The summed E-state index contributed by atoms with van der Waals surface area (Å²) < 4.78 is 34.8. The maximum atomic E-state index is 14.3. The highest BCUT2D eigenvalue weighted by Crippen LogP contribution is 2.33. The number of fused-ring (bicyclic) bond motifs is 1. The molecule has 0 unspecified atom stereocenters. The molecule has 3 heterocycles. The minimum absolute atomic E-state index is 0.0146. The lowest BCUT2D eigenvalue weighted by Gasteiger charge is -2.38. The Morgan fingerprint density at radius 1 is 1.09 bits per heavy atom. The highest BCUT2D eigenvalue weighted by Gasteiger charge is 2.34. The lowest BCUT2D eigenvalue weighted by Crippen LogP contribution is -2.49. The van der Waals surface area contributed by atoms with Gasteiger partial charge < -0.3 is 10.1 Å². The van der Waals surface area contributed by atoms with Gasteiger partial charge in [0.15, 0.2) is 0 Å². The van der Waals surface area contributed by atoms with Crippen molar-refractivity contribution >= 4 is 10.9 Å². The van der Waals surface area contributed by atoms with Gasteiger partial charge in [0.05, 0.1) is 23.5 Å². The van der Waals surface area contributed by atoms with Gasteiger partial charge in [0.1, 0.15) is 29.1 Å². The van der Waals surface area contributed by atoms with Crippen LogP contribution in [0.4, 0.5) is 8.78 Å². The molecule has 1 aliphatic heterocycles. The molecule has 0 aliphatic carbocycles. The van der Waals surface area contributed by atoms with E-state index in [9.17, 15) is 8.78 Å². The van der Waals surface area contributed by atoms with Crippen LogP contribution in [0, 0.1) is 17.0 Å². The van der Waals surface area contributed by atoms with Crippen molar-refractivity contribution in [3.63, 3.8) is 0 Å². The molecule has 2 aromatic heterocycles. The van der Waals surface area contributed by atoms with E-state index in [1.54, 1.807) is 30.6 Å². The van der Waals surface area contributed by atoms with Crippen molar-refractivity contribution in [2.75, 3.05) is 13.1 Å². The molecule has 1 aliphatic rings. The van der Waals surface area contributed by atoms with Crippen LogP contribution < -0.4 is 10.1 Å². The van der Waals surface area contributed by atoms with Gasteiger partial charge in [-0.15, -0.1) is 0 Å². The Balaban J connectivity index is 1.52. The van der Waals surface area contributed by atoms with Crippen LogP contribution in [0.2, 0.25) is 0 Å². The van der Waals surface area contributed by atoms with Gasteiger partial charge in [-0.25, -0.2) is 13.8 Å². The van der Waals surface area contributed by atoms with E-state index in [1.165, 1.54) is 18.2 Å². The fourth-order valence-electron chi connectivity index (χ4n) is 4.09. The molecule has 0 radical (unpaired) electrons. The summed E-state index contributed by atoms with van der Waals surface area (Å²) >= 11 is 0. The number of aromatic amines is 1. The van der Waals surface area contributed by atoms with Gasteiger partial charge in [-0.3, -0.25) is 10.1 Å². The highest BCUT2D eigenvalue weighted by atomic mass is 19.1. The van der Waals surface area contributed by atoms with Gasteiger partial charge in [-0.1, -0.05) is 26.0 Å². The zero-order valence-corrected chi connectivity index (χ0v) is 17.8. The molecule has 1 atom stereocenters. The van der Waals surface area contributed by atoms with Crippen LogP contribution in [-0.4, -0.2) is 39.4 Å². The summed E-state index contributed by atoms with van der Waals surface area (Å²) in [4.78, 5) is 8.91. The van der Waals surface area contributed by atoms with Crippen molar-refractivity contribution in [1.29, 1.82) is 0 Å². The van der Waals surface area contributed by atoms with Gasteiger partial charge >= 0.3 is 0 Å². The quantitative estimate of drug-likeness (QED) is 0.485. The third-order valence-electron chi connectivity index (χ3n) is 6.08. The normalized spacial score (nSPS) is 18.1. The van der Waals surface area contributed by atoms with E-state index < -0.39 is 11.6 Å². The zero-order valence-electron chi connectivity index (χ0n) is 17.8. The van der Waals surface area contributed by atoms with Gasteiger partial charge in [-0.05, 0) is 42.8 Å². The zero-order chi connectivity index (χ0) is 22.3. The van der Waals surface area contributed by atoms with Crippen LogP contribution in [0.15, 0.2) is 48.8 Å². The van der Waals surface area contributed by atoms with Crippen molar-refractivity contribution in [2.45, 2.75) is 26.4 Å². The van der Waals surface area contributed by atoms with Crippen LogP contribution in [0.25, 0.3) is 33.4 Å². The number of nitrogens with zero attached hydrogens (tertiary/aromatic N) is 3. The number of nitrogens with one attached hydrogen (secondary N) is 2. The van der Waals surface area contributed by atoms with Crippen molar-refractivity contribution < 1.29 is 13.5 Å². The number of rotatable bonds is 4. The Hall–Kier alpha value is -3.39. The van der Waals surface area contributed by atoms with Crippen LogP contribution in [0.3, 0.4) is 0 Å². The van der Waals surface area contributed by atoms with Crippen molar-refractivity contribution in [3.8, 4) is 28.4 Å². The summed E-state index contributed by atoms with van der Waals surface area (Å²) in [7, 11) is 0. The van der Waals surface area contributed by atoms with Crippen LogP contribution in [0.5, 0.6) is 5.88 Å². The first-order chi connectivity index (χ1) is 15.4. The Kier molecular flexibility index (Phi) is 5.09. The number of ether oxygens (including phenoxy) is 1. The monoisotopic (exact) mass is 435 g/mol. The van der Waals surface area contributed by atoms with Gasteiger partial charge in [-0.2, -0.15) is 5.10 Å². The van der Waals surface area contributed by atoms with E-state index in [0.29, 0.717) is 28.2 Å². The predicted molar refractivity (Wildman–Crippen MR) is 118 cm³/mol. The molecule has 0 saturated carbocycles. The third kappa shape index (κ3) is 3.71. The largest absolute Gasteiger partial charge is 0.471 e. The summed E-state index contributed by atoms with van der Waals surface area (Å²) in [5.74, 6) is -0.821. The predicted octanol–water partition coefficient (Wildman–Crippen LogP) is 4.73. The molecule has 0 spiro atoms. The lowest BCUT2D eigenvalue weighted by molar-refractivity contribution is 0.0417. The van der Waals surface area contributed by atoms with Crippen molar-refractivity contribution in [1.82, 2.24) is 25.5 Å². The van der Waals surface area contributed by atoms with E-state index in [4.69, 9.17) is 4.74 Å². The summed E-state index contributed by atoms with van der Waals surface area (Å²) in [5.41, 5.74) is 2.15. The highest BCUT2D eigenvalue weighted by molar-refractivity contribution is 5.94. The maximum Gasteiger partial charge on any atom is 0.233 e. The van der Waals surface area contributed by atoms with E-state index in [-0.39, 0.29) is 17.1 Å². The Morgan fingerprint density at radius 3 is 2.69 bits per heavy atom. The third-order valence-corrected chi connectivity index (χ3v) is 6.08. The number of aromatic nitrogens is 4. The lowest BCUT2D eigenvalue weighted by atomic mass is 9.80. The molecule has 8 heteroatoms. The van der Waals surface area contributed by atoms with Gasteiger partial charge in [0, 0.05) is 17.3 Å². The van der Waals surface area contributed by atoms with Gasteiger partial charge in [0.2, 0.25) is 5.88 Å². The van der Waals surface area contributed by atoms with Crippen molar-refractivity contribution in [2.24, 2.45) is 5.41 Å². The Bertz CT molecular complexity index is 1270. The second-order valence-corrected chi connectivity index (χ2v) is 8.72. The number of hydrogen-bond acceptors (Lipinski definition) is 5. The minimum Gasteiger partial charge on any atom is -0.471 e. The smallest absolute Gasteiger partial charge is 0.233 e. The second kappa shape index (κ2) is 7.94. The van der Waals surface area contributed by atoms with Crippen LogP contribution >= 0.6 is 0 Å². The van der Waals surface area contributed by atoms with Crippen LogP contribution in [-0.2, 0) is 0 Å². The molecule has 32 heavy (non-hydrogen) atoms. The number of halogens is 2. The average molecular weight is 435 g/mol. The fraction of sp³-hybridized carbons (Fsp3) is 0.292. The second-order valence-electron chi connectivity index (χ2n) is 8.72. The first-order valence-electron chi connectivity index (χ1n) is 10.5. The van der Waals surface area contributed by atoms with Gasteiger partial charge in [0.25, 0.3) is 0 Å². The standard InChI is InChI=1S/C24H23F2N5O/c1-24(2)8-9-27-12-20(24)32-21-13-28-11-19(29-21)23-15-10-14(6-7-18(15)30-31-23)22-16(25)4-3-5-17(22)26/h3-7,10-11,13,20,27H,8-9,12H2,1-2H3,(H,30,31)/t20-/m1/s1. The Morgan fingerprint density at radius 2 is 1.91 bits per heavy atom. The van der Waals surface area contributed by atoms with E-state index in [2.05, 4.69) is 39.3 Å². The van der Waals surface area contributed by atoms with E-state index in [1.807, 2.05) is 0 Å². The molecule has 4 aromatic rings. The number of benzene rings is 2. The average Bonchev–Trinajstić information content (AvgIpc) is 3.19. The summed E-state index contributed by atoms with van der Waals surface area (Å²) in [6, 6.07) is 8.95. The molecule has 5 rings (SSSR count). The molecular weight excluding hydrogens is 412 g/mol. The first-order valence-corrected chi connectivity index (χ1v) is 10.5. The molecule has 1 saturated heterocycles. The molecule has 0 amide bonds. The topological polar surface area (TPSA) is 75.7 Å². The summed E-state index contributed by atoms with van der Waals surface area (Å²) in [6.45, 7) is 6.06. The molecule has 164 valence electrons. The number of H-pyrrole nitrogens is 1. The molecule has 2 aromatic carbocycles. The number of piperidine rings is 1. The van der Waals surface area contributed by atoms with Crippen LogP contribution in [0.1, 0.15) is 20.3 Å². The summed E-state index contributed by atoms with van der Waals surface area (Å²) in [6.07, 6.45) is 4.16. The molecule has 6 nitrogen and oxygen atoms in total. The molecule has 1 fully saturated rings. The van der Waals surface area contributed by atoms with E-state index in [0.717, 1.165) is 25.0 Å².